The molecule has 0 aliphatic rings. The van der Waals surface area contributed by atoms with Gasteiger partial charge in [-0.05, 0) is 29.8 Å². The second-order valence-electron chi connectivity index (χ2n) is 5.22. The topological polar surface area (TPSA) is 88.5 Å². The van der Waals surface area contributed by atoms with Gasteiger partial charge in [-0.15, -0.1) is 0 Å². The number of thiazole rings is 1. The first-order valence-electron chi connectivity index (χ1n) is 7.21. The number of nitrogens with zero attached hydrogens (tertiary/aromatic N) is 4. The molecule has 2 N–H and O–H groups in total. The number of rotatable bonds is 2. The van der Waals surface area contributed by atoms with Gasteiger partial charge in [-0.25, -0.2) is 15.0 Å². The molecule has 24 heavy (non-hydrogen) atoms. The first-order chi connectivity index (χ1) is 11.7. The van der Waals surface area contributed by atoms with Crippen LogP contribution < -0.4 is 5.73 Å². The van der Waals surface area contributed by atoms with Gasteiger partial charge < -0.3 is 5.73 Å². The van der Waals surface area contributed by atoms with Gasteiger partial charge in [0.15, 0.2) is 5.13 Å². The third kappa shape index (κ3) is 2.47. The Bertz CT molecular complexity index is 1090. The van der Waals surface area contributed by atoms with Crippen molar-refractivity contribution in [3.05, 3.63) is 60.6 Å². The van der Waals surface area contributed by atoms with Crippen molar-refractivity contribution in [1.82, 2.24) is 15.0 Å². The number of hydrogen-bond donors (Lipinski definition) is 1. The van der Waals surface area contributed by atoms with Crippen LogP contribution in [0.3, 0.4) is 0 Å². The van der Waals surface area contributed by atoms with Gasteiger partial charge in [0.05, 0.1) is 27.7 Å². The molecule has 0 radical (unpaired) electrons. The fraction of sp³-hybridized carbons (Fsp3) is 0. The van der Waals surface area contributed by atoms with E-state index in [1.54, 1.807) is 12.3 Å². The number of benzene rings is 2. The fourth-order valence-corrected chi connectivity index (χ4v) is 3.44. The third-order valence-corrected chi connectivity index (χ3v) is 4.61. The highest BCUT2D eigenvalue weighted by Crippen LogP contribution is 2.38. The summed E-state index contributed by atoms with van der Waals surface area (Å²) in [7, 11) is 0. The molecular weight excluding hydrogens is 318 g/mol. The Balaban J connectivity index is 1.90. The zero-order valence-electron chi connectivity index (χ0n) is 12.5. The molecule has 0 saturated carbocycles. The summed E-state index contributed by atoms with van der Waals surface area (Å²) in [5.41, 5.74) is 10.1. The van der Waals surface area contributed by atoms with Gasteiger partial charge in [-0.3, -0.25) is 0 Å². The van der Waals surface area contributed by atoms with E-state index in [4.69, 9.17) is 11.0 Å². The van der Waals surface area contributed by atoms with Crippen molar-refractivity contribution in [1.29, 1.82) is 5.26 Å². The minimum Gasteiger partial charge on any atom is -0.375 e. The van der Waals surface area contributed by atoms with Crippen LogP contribution in [-0.4, -0.2) is 15.0 Å². The van der Waals surface area contributed by atoms with Gasteiger partial charge in [0.25, 0.3) is 0 Å². The van der Waals surface area contributed by atoms with E-state index in [1.165, 1.54) is 17.7 Å². The van der Waals surface area contributed by atoms with Gasteiger partial charge in [-0.2, -0.15) is 5.26 Å². The fourth-order valence-electron chi connectivity index (χ4n) is 2.59. The summed E-state index contributed by atoms with van der Waals surface area (Å²) in [6.45, 7) is 0. The number of nitrogens with two attached hydrogens (primary N) is 1. The van der Waals surface area contributed by atoms with Gasteiger partial charge in [0.1, 0.15) is 6.33 Å². The lowest BCUT2D eigenvalue weighted by atomic mass is 10.0. The summed E-state index contributed by atoms with van der Waals surface area (Å²) >= 11 is 1.43. The van der Waals surface area contributed by atoms with Gasteiger partial charge in [0.2, 0.25) is 0 Å². The van der Waals surface area contributed by atoms with Crippen LogP contribution in [0.2, 0.25) is 0 Å². The molecule has 0 aliphatic carbocycles. The second kappa shape index (κ2) is 5.72. The van der Waals surface area contributed by atoms with Crippen LogP contribution in [0, 0.1) is 11.3 Å². The molecule has 4 aromatic rings. The van der Waals surface area contributed by atoms with Crippen molar-refractivity contribution < 1.29 is 0 Å². The molecule has 2 aromatic carbocycles. The highest BCUT2D eigenvalue weighted by atomic mass is 32.1. The Morgan fingerprint density at radius 1 is 1.08 bits per heavy atom. The lowest BCUT2D eigenvalue weighted by Gasteiger charge is -2.04. The van der Waals surface area contributed by atoms with E-state index < -0.39 is 0 Å². The van der Waals surface area contributed by atoms with Crippen LogP contribution in [0.1, 0.15) is 5.56 Å². The monoisotopic (exact) mass is 329 g/mol. The zero-order chi connectivity index (χ0) is 16.5. The zero-order valence-corrected chi connectivity index (χ0v) is 13.3. The quantitative estimate of drug-likeness (QED) is 0.603. The van der Waals surface area contributed by atoms with Crippen molar-refractivity contribution in [3.63, 3.8) is 0 Å². The Morgan fingerprint density at radius 2 is 2.00 bits per heavy atom. The number of fused-ring (bicyclic) bond motifs is 1. The van der Waals surface area contributed by atoms with Crippen LogP contribution >= 0.6 is 11.3 Å². The first-order valence-corrected chi connectivity index (χ1v) is 8.03. The molecule has 0 bridgehead atoms. The van der Waals surface area contributed by atoms with Gasteiger partial charge >= 0.3 is 0 Å². The molecule has 0 saturated heterocycles. The van der Waals surface area contributed by atoms with E-state index in [1.807, 2.05) is 36.4 Å². The number of hydrogen-bond acceptors (Lipinski definition) is 6. The van der Waals surface area contributed by atoms with Crippen molar-refractivity contribution in [2.45, 2.75) is 0 Å². The second-order valence-corrected chi connectivity index (χ2v) is 6.25. The molecular formula is C18H11N5S. The maximum Gasteiger partial charge on any atom is 0.181 e. The Morgan fingerprint density at radius 3 is 2.88 bits per heavy atom. The summed E-state index contributed by atoms with van der Waals surface area (Å²) in [4.78, 5) is 13.7. The lowest BCUT2D eigenvalue weighted by Crippen LogP contribution is -1.86. The molecule has 2 heterocycles. The molecule has 0 amide bonds. The highest BCUT2D eigenvalue weighted by molar-refractivity contribution is 7.19. The average molecular weight is 329 g/mol. The van der Waals surface area contributed by atoms with E-state index in [2.05, 4.69) is 21.0 Å². The van der Waals surface area contributed by atoms with E-state index in [0.717, 1.165) is 32.6 Å². The van der Waals surface area contributed by atoms with Crippen LogP contribution in [0.25, 0.3) is 32.6 Å². The molecule has 6 heteroatoms. The Labute approximate surface area is 142 Å². The molecule has 4 rings (SSSR count). The van der Waals surface area contributed by atoms with Gasteiger partial charge in [-0.1, -0.05) is 29.5 Å². The van der Waals surface area contributed by atoms with E-state index in [-0.39, 0.29) is 0 Å². The van der Waals surface area contributed by atoms with E-state index in [0.29, 0.717) is 10.7 Å². The maximum atomic E-state index is 9.11. The van der Waals surface area contributed by atoms with Crippen LogP contribution in [0.15, 0.2) is 55.0 Å². The summed E-state index contributed by atoms with van der Waals surface area (Å²) in [5, 5.41) is 10.6. The largest absolute Gasteiger partial charge is 0.375 e. The molecule has 114 valence electrons. The number of anilines is 1. The highest BCUT2D eigenvalue weighted by Gasteiger charge is 2.14. The predicted octanol–water partition coefficient (Wildman–Crippen LogP) is 3.87. The Hall–Kier alpha value is -3.30. The Kier molecular flexibility index (Phi) is 3.41. The minimum absolute atomic E-state index is 0.492. The summed E-state index contributed by atoms with van der Waals surface area (Å²) < 4.78 is 0. The smallest absolute Gasteiger partial charge is 0.181 e. The predicted molar refractivity (Wildman–Crippen MR) is 95.2 cm³/mol. The molecule has 0 aliphatic heterocycles. The van der Waals surface area contributed by atoms with E-state index >= 15 is 0 Å². The number of aromatic nitrogens is 3. The van der Waals surface area contributed by atoms with Crippen LogP contribution in [0.5, 0.6) is 0 Å². The summed E-state index contributed by atoms with van der Waals surface area (Å²) in [5.74, 6) is 0. The van der Waals surface area contributed by atoms with Crippen molar-refractivity contribution in [3.8, 4) is 27.8 Å². The number of nitriles is 1. The van der Waals surface area contributed by atoms with Gasteiger partial charge in [0, 0.05) is 17.1 Å². The molecule has 0 unspecified atom stereocenters. The maximum absolute atomic E-state index is 9.11. The SMILES string of the molecule is N#Cc1cccc(-c2nc(N)sc2-c2ccc3ncncc3c2)c1. The van der Waals surface area contributed by atoms with Crippen molar-refractivity contribution in [2.24, 2.45) is 0 Å². The van der Waals surface area contributed by atoms with Crippen molar-refractivity contribution >= 4 is 27.4 Å². The first kappa shape index (κ1) is 14.3. The molecule has 0 spiro atoms. The normalized spacial score (nSPS) is 10.6. The van der Waals surface area contributed by atoms with Crippen LogP contribution in [-0.2, 0) is 0 Å². The third-order valence-electron chi connectivity index (χ3n) is 3.68. The summed E-state index contributed by atoms with van der Waals surface area (Å²) in [6, 6.07) is 15.5. The number of nitrogen functional groups attached to an aromatic ring is 1. The molecule has 2 aromatic heterocycles. The standard InChI is InChI=1S/C18H11N5S/c19-8-11-2-1-3-12(6-11)16-17(24-18(20)23-16)13-4-5-15-14(7-13)9-21-10-22-15/h1-7,9-10H,(H2,20,23). The molecule has 0 atom stereocenters. The van der Waals surface area contributed by atoms with Crippen molar-refractivity contribution in [2.75, 3.05) is 5.73 Å². The molecule has 0 fully saturated rings. The minimum atomic E-state index is 0.492. The van der Waals surface area contributed by atoms with Crippen LogP contribution in [0.4, 0.5) is 5.13 Å². The van der Waals surface area contributed by atoms with E-state index in [9.17, 15) is 0 Å². The average Bonchev–Trinajstić information content (AvgIpc) is 3.03. The lowest BCUT2D eigenvalue weighted by molar-refractivity contribution is 1.22. The summed E-state index contributed by atoms with van der Waals surface area (Å²) in [6.07, 6.45) is 3.32. The molecule has 5 nitrogen and oxygen atoms in total.